The largest absolute Gasteiger partial charge is 0.459 e. The molecule has 1 aliphatic heterocycles. The van der Waals surface area contributed by atoms with Crippen LogP contribution >= 0.6 is 0 Å². The standard InChI is InChI=1S/C16H20N4O3/c1-15(2,3)23-14(22)16(13(17)21)9-19(10-16)20-8-11-6-4-5-7-12(11)18-20/h4-8H,9-10H2,1-3H3,(H2,17,21). The summed E-state index contributed by atoms with van der Waals surface area (Å²) in [5.41, 5.74) is 4.34. The third kappa shape index (κ3) is 2.62. The van der Waals surface area contributed by atoms with Crippen molar-refractivity contribution >= 4 is 22.8 Å². The van der Waals surface area contributed by atoms with Gasteiger partial charge < -0.3 is 10.5 Å². The van der Waals surface area contributed by atoms with Crippen LogP contribution in [0.5, 0.6) is 0 Å². The molecule has 23 heavy (non-hydrogen) atoms. The predicted molar refractivity (Wildman–Crippen MR) is 85.2 cm³/mol. The summed E-state index contributed by atoms with van der Waals surface area (Å²) in [6.45, 7) is 5.60. The van der Waals surface area contributed by atoms with Gasteiger partial charge in [-0.2, -0.15) is 9.89 Å². The van der Waals surface area contributed by atoms with Gasteiger partial charge in [-0.3, -0.25) is 14.6 Å². The molecule has 0 unspecified atom stereocenters. The number of esters is 1. The minimum Gasteiger partial charge on any atom is -0.459 e. The number of primary amides is 1. The van der Waals surface area contributed by atoms with Crippen molar-refractivity contribution in [3.05, 3.63) is 30.5 Å². The van der Waals surface area contributed by atoms with Crippen LogP contribution in [0.1, 0.15) is 20.8 Å². The number of carbonyl (C=O) groups is 2. The molecule has 1 aromatic carbocycles. The molecule has 122 valence electrons. The van der Waals surface area contributed by atoms with Gasteiger partial charge in [0.05, 0.1) is 24.8 Å². The monoisotopic (exact) mass is 316 g/mol. The van der Waals surface area contributed by atoms with E-state index >= 15 is 0 Å². The van der Waals surface area contributed by atoms with Crippen LogP contribution in [0.15, 0.2) is 30.5 Å². The van der Waals surface area contributed by atoms with Crippen molar-refractivity contribution in [2.45, 2.75) is 26.4 Å². The Kier molecular flexibility index (Phi) is 3.31. The summed E-state index contributed by atoms with van der Waals surface area (Å²) < 4.78 is 5.35. The van der Waals surface area contributed by atoms with E-state index < -0.39 is 22.9 Å². The number of nitrogens with two attached hydrogens (primary N) is 1. The number of nitrogens with zero attached hydrogens (tertiary/aromatic N) is 3. The molecule has 1 aromatic heterocycles. The molecule has 2 heterocycles. The fourth-order valence-corrected chi connectivity index (χ4v) is 2.58. The number of ether oxygens (including phenoxy) is 1. The van der Waals surface area contributed by atoms with Gasteiger partial charge in [0.25, 0.3) is 0 Å². The van der Waals surface area contributed by atoms with Gasteiger partial charge in [-0.25, -0.2) is 0 Å². The van der Waals surface area contributed by atoms with E-state index in [0.29, 0.717) is 0 Å². The number of carbonyl (C=O) groups excluding carboxylic acids is 2. The number of hydrogen-bond acceptors (Lipinski definition) is 5. The van der Waals surface area contributed by atoms with Crippen molar-refractivity contribution in [1.29, 1.82) is 0 Å². The summed E-state index contributed by atoms with van der Waals surface area (Å²) in [6, 6.07) is 7.69. The van der Waals surface area contributed by atoms with Crippen LogP contribution in [-0.4, -0.2) is 40.5 Å². The Balaban J connectivity index is 1.80. The molecule has 7 heteroatoms. The lowest BCUT2D eigenvalue weighted by Gasteiger charge is -2.46. The molecular formula is C16H20N4O3. The number of hydrogen-bond donors (Lipinski definition) is 1. The second-order valence-corrected chi connectivity index (χ2v) is 6.88. The second-order valence-electron chi connectivity index (χ2n) is 6.88. The van der Waals surface area contributed by atoms with E-state index in [2.05, 4.69) is 5.10 Å². The first-order chi connectivity index (χ1) is 10.7. The van der Waals surface area contributed by atoms with Crippen molar-refractivity contribution < 1.29 is 14.3 Å². The Hall–Kier alpha value is -2.57. The van der Waals surface area contributed by atoms with Gasteiger partial charge in [0.2, 0.25) is 5.91 Å². The molecule has 3 rings (SSSR count). The summed E-state index contributed by atoms with van der Waals surface area (Å²) in [5, 5.41) is 7.21. The quantitative estimate of drug-likeness (QED) is 0.668. The fourth-order valence-electron chi connectivity index (χ4n) is 2.58. The molecule has 1 amide bonds. The van der Waals surface area contributed by atoms with Crippen LogP contribution in [0.2, 0.25) is 0 Å². The number of amides is 1. The Bertz CT molecular complexity index is 736. The summed E-state index contributed by atoms with van der Waals surface area (Å²) in [5.74, 6) is -1.25. The van der Waals surface area contributed by atoms with Crippen molar-refractivity contribution in [3.8, 4) is 0 Å². The highest BCUT2D eigenvalue weighted by molar-refractivity contribution is 6.04. The predicted octanol–water partition coefficient (Wildman–Crippen LogP) is 0.801. The third-order valence-corrected chi connectivity index (χ3v) is 3.86. The zero-order chi connectivity index (χ0) is 16.8. The molecule has 1 fully saturated rings. The van der Waals surface area contributed by atoms with Crippen molar-refractivity contribution in [2.24, 2.45) is 11.1 Å². The number of fused-ring (bicyclic) bond motifs is 1. The van der Waals surface area contributed by atoms with Gasteiger partial charge in [-0.1, -0.05) is 18.2 Å². The van der Waals surface area contributed by atoms with Crippen molar-refractivity contribution in [3.63, 3.8) is 0 Å². The van der Waals surface area contributed by atoms with Gasteiger partial charge in [0, 0.05) is 5.39 Å². The minimum absolute atomic E-state index is 0.158. The van der Waals surface area contributed by atoms with Crippen LogP contribution in [0.4, 0.5) is 0 Å². The summed E-state index contributed by atoms with van der Waals surface area (Å²) in [7, 11) is 0. The van der Waals surface area contributed by atoms with Crippen LogP contribution in [0.25, 0.3) is 10.9 Å². The third-order valence-electron chi connectivity index (χ3n) is 3.86. The Morgan fingerprint density at radius 2 is 1.91 bits per heavy atom. The summed E-state index contributed by atoms with van der Waals surface area (Å²) >= 11 is 0. The van der Waals surface area contributed by atoms with Crippen LogP contribution < -0.4 is 10.7 Å². The van der Waals surface area contributed by atoms with Crippen molar-refractivity contribution in [2.75, 3.05) is 18.1 Å². The first kappa shape index (κ1) is 15.3. The molecule has 7 nitrogen and oxygen atoms in total. The van der Waals surface area contributed by atoms with E-state index in [9.17, 15) is 9.59 Å². The molecular weight excluding hydrogens is 296 g/mol. The minimum atomic E-state index is -1.31. The van der Waals surface area contributed by atoms with E-state index in [1.165, 1.54) is 0 Å². The maximum atomic E-state index is 12.4. The maximum absolute atomic E-state index is 12.4. The highest BCUT2D eigenvalue weighted by Gasteiger charge is 2.57. The van der Waals surface area contributed by atoms with Crippen LogP contribution in [0.3, 0.4) is 0 Å². The molecule has 0 atom stereocenters. The molecule has 0 radical (unpaired) electrons. The first-order valence-corrected chi connectivity index (χ1v) is 7.44. The van der Waals surface area contributed by atoms with E-state index in [4.69, 9.17) is 10.5 Å². The lowest BCUT2D eigenvalue weighted by Crippen LogP contribution is -2.70. The zero-order valence-corrected chi connectivity index (χ0v) is 13.4. The van der Waals surface area contributed by atoms with Gasteiger partial charge in [0.15, 0.2) is 5.41 Å². The molecule has 2 N–H and O–H groups in total. The van der Waals surface area contributed by atoms with Gasteiger partial charge >= 0.3 is 5.97 Å². The van der Waals surface area contributed by atoms with Crippen molar-refractivity contribution in [1.82, 2.24) is 9.89 Å². The summed E-state index contributed by atoms with van der Waals surface area (Å²) in [4.78, 5) is 25.9. The highest BCUT2D eigenvalue weighted by Crippen LogP contribution is 2.32. The van der Waals surface area contributed by atoms with E-state index in [-0.39, 0.29) is 13.1 Å². The number of aromatic nitrogens is 2. The molecule has 1 saturated heterocycles. The molecule has 2 aromatic rings. The van der Waals surface area contributed by atoms with Gasteiger partial charge in [-0.15, -0.1) is 0 Å². The van der Waals surface area contributed by atoms with Gasteiger partial charge in [0.1, 0.15) is 5.60 Å². The maximum Gasteiger partial charge on any atom is 0.326 e. The molecule has 1 aliphatic rings. The molecule has 0 aliphatic carbocycles. The average Bonchev–Trinajstić information content (AvgIpc) is 2.77. The second kappa shape index (κ2) is 4.97. The van der Waals surface area contributed by atoms with E-state index in [0.717, 1.165) is 10.9 Å². The number of rotatable bonds is 3. The zero-order valence-electron chi connectivity index (χ0n) is 13.4. The first-order valence-electron chi connectivity index (χ1n) is 7.44. The lowest BCUT2D eigenvalue weighted by atomic mass is 9.80. The fraction of sp³-hybridized carbons (Fsp3) is 0.438. The summed E-state index contributed by atoms with van der Waals surface area (Å²) in [6.07, 6.45) is 1.86. The Labute approximate surface area is 134 Å². The molecule has 0 bridgehead atoms. The van der Waals surface area contributed by atoms with Crippen LogP contribution in [0, 0.1) is 5.41 Å². The smallest absolute Gasteiger partial charge is 0.326 e. The van der Waals surface area contributed by atoms with Gasteiger partial charge in [-0.05, 0) is 26.8 Å². The molecule has 0 spiro atoms. The topological polar surface area (TPSA) is 90.5 Å². The average molecular weight is 316 g/mol. The highest BCUT2D eigenvalue weighted by atomic mass is 16.6. The SMILES string of the molecule is CC(C)(C)OC(=O)C1(C(N)=O)CN(n2cc3ccccc3n2)C1. The lowest BCUT2D eigenvalue weighted by molar-refractivity contribution is -0.173. The normalized spacial score (nSPS) is 16.9. The van der Waals surface area contributed by atoms with E-state index in [1.54, 1.807) is 30.6 Å². The van der Waals surface area contributed by atoms with E-state index in [1.807, 2.05) is 30.5 Å². The Morgan fingerprint density at radius 3 is 2.48 bits per heavy atom. The van der Waals surface area contributed by atoms with Crippen LogP contribution in [-0.2, 0) is 14.3 Å². The molecule has 0 saturated carbocycles. The number of benzene rings is 1. The Morgan fingerprint density at radius 1 is 1.26 bits per heavy atom.